The minimum absolute atomic E-state index is 0.00907. The Bertz CT molecular complexity index is 613. The summed E-state index contributed by atoms with van der Waals surface area (Å²) in [5.74, 6) is -0.0594. The quantitative estimate of drug-likeness (QED) is 0.573. The highest BCUT2D eigenvalue weighted by Gasteiger charge is 2.11. The number of hydrogen-bond acceptors (Lipinski definition) is 5. The molecule has 0 atom stereocenters. The lowest BCUT2D eigenvalue weighted by atomic mass is 10.2. The van der Waals surface area contributed by atoms with Gasteiger partial charge in [-0.3, -0.25) is 4.79 Å². The third-order valence-electron chi connectivity index (χ3n) is 2.75. The van der Waals surface area contributed by atoms with Crippen molar-refractivity contribution in [3.63, 3.8) is 0 Å². The second-order valence-corrected chi connectivity index (χ2v) is 5.54. The summed E-state index contributed by atoms with van der Waals surface area (Å²) in [6.07, 6.45) is 2.74. The van der Waals surface area contributed by atoms with Crippen molar-refractivity contribution in [1.82, 2.24) is 5.32 Å². The summed E-state index contributed by atoms with van der Waals surface area (Å²) in [5.41, 5.74) is 0.642. The molecular weight excluding hydrogens is 334 g/mol. The average molecular weight is 356 g/mol. The number of carbonyl (C=O) groups is 2. The lowest BCUT2D eigenvalue weighted by Crippen LogP contribution is -2.33. The predicted octanol–water partition coefficient (Wildman–Crippen LogP) is 2.83. The lowest BCUT2D eigenvalue weighted by Gasteiger charge is -2.11. The Labute approximate surface area is 146 Å². The van der Waals surface area contributed by atoms with Crippen molar-refractivity contribution in [3.8, 4) is 11.5 Å². The molecule has 1 rings (SSSR count). The van der Waals surface area contributed by atoms with Crippen LogP contribution in [0.25, 0.3) is 6.08 Å². The van der Waals surface area contributed by atoms with E-state index in [9.17, 15) is 9.59 Å². The summed E-state index contributed by atoms with van der Waals surface area (Å²) in [5, 5.41) is 3.00. The zero-order valence-corrected chi connectivity index (χ0v) is 15.0. The van der Waals surface area contributed by atoms with E-state index in [1.54, 1.807) is 12.1 Å². The molecule has 0 aromatic heterocycles. The van der Waals surface area contributed by atoms with Crippen LogP contribution in [-0.2, 0) is 14.3 Å². The van der Waals surface area contributed by atoms with E-state index in [2.05, 4.69) is 5.32 Å². The molecule has 0 aliphatic rings. The second-order valence-electron chi connectivity index (χ2n) is 5.13. The molecule has 1 aromatic carbocycles. The van der Waals surface area contributed by atoms with Gasteiger partial charge in [0.1, 0.15) is 0 Å². The first-order chi connectivity index (χ1) is 11.4. The number of amides is 1. The summed E-state index contributed by atoms with van der Waals surface area (Å²) < 4.78 is 15.5. The fourth-order valence-corrected chi connectivity index (χ4v) is 2.11. The van der Waals surface area contributed by atoms with Crippen LogP contribution in [-0.4, -0.2) is 38.2 Å². The molecular formula is C17H22ClNO5. The van der Waals surface area contributed by atoms with E-state index in [0.29, 0.717) is 28.7 Å². The zero-order chi connectivity index (χ0) is 18.1. The van der Waals surface area contributed by atoms with Gasteiger partial charge in [0, 0.05) is 12.1 Å². The Kier molecular flexibility index (Phi) is 8.12. The third kappa shape index (κ3) is 6.50. The highest BCUT2D eigenvalue weighted by atomic mass is 35.5. The molecule has 1 aromatic rings. The maximum atomic E-state index is 11.6. The number of halogens is 1. The van der Waals surface area contributed by atoms with Gasteiger partial charge >= 0.3 is 5.97 Å². The van der Waals surface area contributed by atoms with E-state index >= 15 is 0 Å². The highest BCUT2D eigenvalue weighted by molar-refractivity contribution is 6.32. The lowest BCUT2D eigenvalue weighted by molar-refractivity contribution is -0.143. The Hall–Kier alpha value is -2.21. The van der Waals surface area contributed by atoms with Crippen LogP contribution in [0.2, 0.25) is 5.02 Å². The molecule has 0 saturated heterocycles. The molecule has 0 unspecified atom stereocenters. The molecule has 0 saturated carbocycles. The summed E-state index contributed by atoms with van der Waals surface area (Å²) in [4.78, 5) is 23.0. The fraction of sp³-hybridized carbons (Fsp3) is 0.412. The molecule has 6 nitrogen and oxygen atoms in total. The third-order valence-corrected chi connectivity index (χ3v) is 3.03. The number of esters is 1. The van der Waals surface area contributed by atoms with E-state index in [1.165, 1.54) is 19.3 Å². The molecule has 7 heteroatoms. The van der Waals surface area contributed by atoms with Crippen LogP contribution in [0.3, 0.4) is 0 Å². The molecule has 1 N–H and O–H groups in total. The molecule has 0 aliphatic carbocycles. The second kappa shape index (κ2) is 9.82. The Morgan fingerprint density at radius 2 is 2.04 bits per heavy atom. The van der Waals surface area contributed by atoms with E-state index in [4.69, 9.17) is 25.8 Å². The summed E-state index contributed by atoms with van der Waals surface area (Å²) in [7, 11) is 1.50. The first kappa shape index (κ1) is 19.8. The van der Waals surface area contributed by atoms with E-state index in [0.717, 1.165) is 0 Å². The topological polar surface area (TPSA) is 73.9 Å². The summed E-state index contributed by atoms with van der Waals surface area (Å²) in [6.45, 7) is 5.62. The smallest absolute Gasteiger partial charge is 0.331 e. The number of hydrogen-bond donors (Lipinski definition) is 1. The first-order valence-corrected chi connectivity index (χ1v) is 7.89. The van der Waals surface area contributed by atoms with Crippen molar-refractivity contribution in [2.45, 2.75) is 26.8 Å². The number of methoxy groups -OCH3 is 1. The Morgan fingerprint density at radius 3 is 2.62 bits per heavy atom. The van der Waals surface area contributed by atoms with Crippen LogP contribution in [0, 0.1) is 0 Å². The number of ether oxygens (including phenoxy) is 3. The monoisotopic (exact) mass is 355 g/mol. The molecule has 0 radical (unpaired) electrons. The maximum Gasteiger partial charge on any atom is 0.331 e. The standard InChI is InChI=1S/C17H22ClNO5/c1-5-23-17-13(18)8-12(9-14(17)22-4)6-7-16(21)24-10-15(20)19-11(2)3/h6-9,11H,5,10H2,1-4H3,(H,19,20)/b7-6+. The number of nitrogens with one attached hydrogen (secondary N) is 1. The van der Waals surface area contributed by atoms with Crippen LogP contribution >= 0.6 is 11.6 Å². The Morgan fingerprint density at radius 1 is 1.33 bits per heavy atom. The summed E-state index contributed by atoms with van der Waals surface area (Å²) in [6, 6.07) is 3.32. The number of rotatable bonds is 8. The van der Waals surface area contributed by atoms with Crippen LogP contribution in [0.4, 0.5) is 0 Å². The minimum Gasteiger partial charge on any atom is -0.493 e. The Balaban J connectivity index is 2.71. The van der Waals surface area contributed by atoms with Crippen LogP contribution in [0.15, 0.2) is 18.2 Å². The van der Waals surface area contributed by atoms with Crippen molar-refractivity contribution in [2.75, 3.05) is 20.3 Å². The van der Waals surface area contributed by atoms with Crippen molar-refractivity contribution in [1.29, 1.82) is 0 Å². The molecule has 24 heavy (non-hydrogen) atoms. The predicted molar refractivity (Wildman–Crippen MR) is 92.4 cm³/mol. The SMILES string of the molecule is CCOc1c(Cl)cc(/C=C/C(=O)OCC(=O)NC(C)C)cc1OC. The van der Waals surface area contributed by atoms with E-state index in [-0.39, 0.29) is 18.6 Å². The van der Waals surface area contributed by atoms with Gasteiger partial charge in [0.2, 0.25) is 0 Å². The first-order valence-electron chi connectivity index (χ1n) is 7.51. The summed E-state index contributed by atoms with van der Waals surface area (Å²) >= 11 is 6.15. The largest absolute Gasteiger partial charge is 0.493 e. The maximum absolute atomic E-state index is 11.6. The molecule has 0 aliphatic heterocycles. The molecule has 0 spiro atoms. The minimum atomic E-state index is -0.627. The number of benzene rings is 1. The van der Waals surface area contributed by atoms with Gasteiger partial charge in [0.25, 0.3) is 5.91 Å². The van der Waals surface area contributed by atoms with Crippen molar-refractivity contribution < 1.29 is 23.8 Å². The van der Waals surface area contributed by atoms with Gasteiger partial charge in [-0.25, -0.2) is 4.79 Å². The van der Waals surface area contributed by atoms with Crippen LogP contribution < -0.4 is 14.8 Å². The molecule has 132 valence electrons. The van der Waals surface area contributed by atoms with E-state index in [1.807, 2.05) is 20.8 Å². The molecule has 0 fully saturated rings. The van der Waals surface area contributed by atoms with E-state index < -0.39 is 5.97 Å². The van der Waals surface area contributed by atoms with Gasteiger partial charge in [0.15, 0.2) is 18.1 Å². The van der Waals surface area contributed by atoms with Crippen molar-refractivity contribution in [2.24, 2.45) is 0 Å². The van der Waals surface area contributed by atoms with Gasteiger partial charge in [-0.1, -0.05) is 11.6 Å². The van der Waals surface area contributed by atoms with Gasteiger partial charge in [-0.05, 0) is 44.5 Å². The number of carbonyl (C=O) groups excluding carboxylic acids is 2. The molecule has 0 heterocycles. The molecule has 0 bridgehead atoms. The van der Waals surface area contributed by atoms with Gasteiger partial charge in [-0.15, -0.1) is 0 Å². The van der Waals surface area contributed by atoms with Crippen LogP contribution in [0.5, 0.6) is 11.5 Å². The average Bonchev–Trinajstić information content (AvgIpc) is 2.52. The van der Waals surface area contributed by atoms with Gasteiger partial charge < -0.3 is 19.5 Å². The highest BCUT2D eigenvalue weighted by Crippen LogP contribution is 2.36. The fourth-order valence-electron chi connectivity index (χ4n) is 1.83. The van der Waals surface area contributed by atoms with Crippen molar-refractivity contribution in [3.05, 3.63) is 28.8 Å². The normalized spacial score (nSPS) is 10.8. The van der Waals surface area contributed by atoms with Crippen LogP contribution in [0.1, 0.15) is 26.3 Å². The van der Waals surface area contributed by atoms with Crippen molar-refractivity contribution >= 4 is 29.6 Å². The van der Waals surface area contributed by atoms with Gasteiger partial charge in [-0.2, -0.15) is 0 Å². The zero-order valence-electron chi connectivity index (χ0n) is 14.2. The van der Waals surface area contributed by atoms with Gasteiger partial charge in [0.05, 0.1) is 18.7 Å². The molecule has 1 amide bonds.